The van der Waals surface area contributed by atoms with E-state index in [9.17, 15) is 0 Å². The van der Waals surface area contributed by atoms with Crippen LogP contribution in [-0.2, 0) is 6.42 Å². The molecule has 1 aliphatic rings. The maximum atomic E-state index is 3.74. The summed E-state index contributed by atoms with van der Waals surface area (Å²) in [5.41, 5.74) is 1.66. The average molecular weight is 263 g/mol. The third kappa shape index (κ3) is 4.25. The summed E-state index contributed by atoms with van der Waals surface area (Å²) in [7, 11) is 0. The quantitative estimate of drug-likeness (QED) is 0.742. The van der Waals surface area contributed by atoms with Gasteiger partial charge in [0.25, 0.3) is 0 Å². The molecule has 0 spiro atoms. The normalized spacial score (nSPS) is 18.2. The fraction of sp³-hybridized carbons (Fsp3) is 0.625. The fourth-order valence-corrected chi connectivity index (χ4v) is 3.39. The Morgan fingerprint density at radius 1 is 1.33 bits per heavy atom. The van der Waals surface area contributed by atoms with E-state index in [0.29, 0.717) is 6.04 Å². The number of hydrogen-bond acceptors (Lipinski definition) is 2. The predicted octanol–water partition coefficient (Wildman–Crippen LogP) is 4.55. The van der Waals surface area contributed by atoms with Gasteiger partial charge in [-0.15, -0.1) is 11.3 Å². The summed E-state index contributed by atoms with van der Waals surface area (Å²) in [4.78, 5) is 1.51. The largest absolute Gasteiger partial charge is 0.310 e. The van der Waals surface area contributed by atoms with Crippen molar-refractivity contribution < 1.29 is 0 Å². The molecule has 1 aromatic heterocycles. The summed E-state index contributed by atoms with van der Waals surface area (Å²) in [6, 6.07) is 5.00. The second kappa shape index (κ2) is 7.75. The molecule has 0 aliphatic heterocycles. The monoisotopic (exact) mass is 263 g/mol. The zero-order chi connectivity index (χ0) is 12.6. The van der Waals surface area contributed by atoms with E-state index in [4.69, 9.17) is 0 Å². The zero-order valence-electron chi connectivity index (χ0n) is 11.5. The van der Waals surface area contributed by atoms with E-state index in [2.05, 4.69) is 35.8 Å². The molecule has 0 saturated heterocycles. The molecule has 0 radical (unpaired) electrons. The number of thiophene rings is 1. The van der Waals surface area contributed by atoms with Gasteiger partial charge in [-0.05, 0) is 50.1 Å². The first kappa shape index (κ1) is 13.8. The van der Waals surface area contributed by atoms with Gasteiger partial charge in [-0.1, -0.05) is 31.1 Å². The summed E-state index contributed by atoms with van der Waals surface area (Å²) < 4.78 is 0. The maximum Gasteiger partial charge on any atom is 0.0327 e. The molecule has 1 nitrogen and oxygen atoms in total. The highest BCUT2D eigenvalue weighted by Crippen LogP contribution is 2.23. The molecule has 1 atom stereocenters. The van der Waals surface area contributed by atoms with E-state index >= 15 is 0 Å². The van der Waals surface area contributed by atoms with Gasteiger partial charge in [0, 0.05) is 17.3 Å². The molecule has 1 aliphatic carbocycles. The Labute approximate surface area is 115 Å². The van der Waals surface area contributed by atoms with E-state index < -0.39 is 0 Å². The first-order valence-electron chi connectivity index (χ1n) is 7.35. The second-order valence-electron chi connectivity index (χ2n) is 5.17. The number of rotatable bonds is 6. The van der Waals surface area contributed by atoms with Crippen molar-refractivity contribution in [2.45, 2.75) is 57.9 Å². The maximum absolute atomic E-state index is 3.74. The highest BCUT2D eigenvalue weighted by atomic mass is 32.1. The van der Waals surface area contributed by atoms with Crippen molar-refractivity contribution in [1.29, 1.82) is 0 Å². The summed E-state index contributed by atoms with van der Waals surface area (Å²) in [6.45, 7) is 3.38. The highest BCUT2D eigenvalue weighted by Gasteiger charge is 2.15. The molecule has 2 heteroatoms. The Balaban J connectivity index is 2.00. The molecule has 1 N–H and O–H groups in total. The summed E-state index contributed by atoms with van der Waals surface area (Å²) in [5.74, 6) is 0. The molecular weight excluding hydrogens is 238 g/mol. The molecule has 2 rings (SSSR count). The molecule has 0 saturated carbocycles. The number of hydrogen-bond donors (Lipinski definition) is 1. The lowest BCUT2D eigenvalue weighted by Crippen LogP contribution is -2.33. The van der Waals surface area contributed by atoms with Crippen LogP contribution in [0.25, 0.3) is 0 Å². The Bertz CT molecular complexity index is 353. The lowest BCUT2D eigenvalue weighted by Gasteiger charge is -2.21. The summed E-state index contributed by atoms with van der Waals surface area (Å²) in [6.07, 6.45) is 11.6. The van der Waals surface area contributed by atoms with Crippen LogP contribution in [0.1, 0.15) is 50.3 Å². The van der Waals surface area contributed by atoms with Crippen molar-refractivity contribution in [3.05, 3.63) is 34.0 Å². The third-order valence-electron chi connectivity index (χ3n) is 3.65. The van der Waals surface area contributed by atoms with E-state index in [-0.39, 0.29) is 0 Å². The molecule has 18 heavy (non-hydrogen) atoms. The predicted molar refractivity (Wildman–Crippen MR) is 81.3 cm³/mol. The molecular formula is C16H25NS. The van der Waals surface area contributed by atoms with Gasteiger partial charge in [-0.3, -0.25) is 0 Å². The minimum absolute atomic E-state index is 0.571. The van der Waals surface area contributed by atoms with E-state index in [0.717, 1.165) is 6.54 Å². The minimum atomic E-state index is 0.571. The van der Waals surface area contributed by atoms with Gasteiger partial charge in [-0.2, -0.15) is 0 Å². The van der Waals surface area contributed by atoms with Crippen molar-refractivity contribution >= 4 is 11.3 Å². The van der Waals surface area contributed by atoms with Gasteiger partial charge >= 0.3 is 0 Å². The van der Waals surface area contributed by atoms with Gasteiger partial charge in [-0.25, -0.2) is 0 Å². The average Bonchev–Trinajstić information content (AvgIpc) is 2.74. The van der Waals surface area contributed by atoms with E-state index in [1.807, 2.05) is 11.3 Å². The molecule has 1 heterocycles. The Morgan fingerprint density at radius 2 is 2.28 bits per heavy atom. The van der Waals surface area contributed by atoms with E-state index in [1.165, 1.54) is 49.8 Å². The minimum Gasteiger partial charge on any atom is -0.310 e. The van der Waals surface area contributed by atoms with Crippen molar-refractivity contribution in [2.75, 3.05) is 6.54 Å². The van der Waals surface area contributed by atoms with Crippen molar-refractivity contribution in [3.63, 3.8) is 0 Å². The van der Waals surface area contributed by atoms with Gasteiger partial charge < -0.3 is 5.32 Å². The van der Waals surface area contributed by atoms with Crippen LogP contribution in [0.3, 0.4) is 0 Å². The van der Waals surface area contributed by atoms with Gasteiger partial charge in [0.05, 0.1) is 0 Å². The molecule has 0 fully saturated rings. The Morgan fingerprint density at radius 3 is 3.06 bits per heavy atom. The molecule has 1 unspecified atom stereocenters. The molecule has 1 aromatic rings. The smallest absolute Gasteiger partial charge is 0.0327 e. The number of allylic oxidation sites excluding steroid dienone is 1. The first-order chi connectivity index (χ1) is 8.90. The van der Waals surface area contributed by atoms with Crippen molar-refractivity contribution in [2.24, 2.45) is 0 Å². The second-order valence-corrected chi connectivity index (χ2v) is 6.20. The van der Waals surface area contributed by atoms with Crippen LogP contribution in [0, 0.1) is 0 Å². The van der Waals surface area contributed by atoms with Crippen LogP contribution < -0.4 is 5.32 Å². The van der Waals surface area contributed by atoms with Gasteiger partial charge in [0.15, 0.2) is 0 Å². The summed E-state index contributed by atoms with van der Waals surface area (Å²) >= 11 is 1.89. The topological polar surface area (TPSA) is 12.0 Å². The fourth-order valence-electron chi connectivity index (χ4n) is 2.64. The lowest BCUT2D eigenvalue weighted by atomic mass is 9.98. The standard InChI is InChI=1S/C16H25NS/c1-2-11-17-16(13-15-10-7-12-18-15)14-8-5-3-4-6-9-14/h7-8,10,12,16-17H,2-6,9,11,13H2,1H3. The molecule has 0 amide bonds. The van der Waals surface area contributed by atoms with Crippen molar-refractivity contribution in [1.82, 2.24) is 5.32 Å². The van der Waals surface area contributed by atoms with Crippen LogP contribution in [0.5, 0.6) is 0 Å². The van der Waals surface area contributed by atoms with Crippen LogP contribution in [-0.4, -0.2) is 12.6 Å². The van der Waals surface area contributed by atoms with Crippen LogP contribution in [0.15, 0.2) is 29.2 Å². The summed E-state index contributed by atoms with van der Waals surface area (Å²) in [5, 5.41) is 5.93. The molecule has 0 bridgehead atoms. The third-order valence-corrected chi connectivity index (χ3v) is 4.55. The van der Waals surface area contributed by atoms with Gasteiger partial charge in [0.2, 0.25) is 0 Å². The number of nitrogens with one attached hydrogen (secondary N) is 1. The first-order valence-corrected chi connectivity index (χ1v) is 8.23. The van der Waals surface area contributed by atoms with Gasteiger partial charge in [0.1, 0.15) is 0 Å². The zero-order valence-corrected chi connectivity index (χ0v) is 12.3. The Hall–Kier alpha value is -0.600. The molecule has 100 valence electrons. The van der Waals surface area contributed by atoms with Crippen LogP contribution in [0.2, 0.25) is 0 Å². The molecule has 0 aromatic carbocycles. The highest BCUT2D eigenvalue weighted by molar-refractivity contribution is 7.09. The van der Waals surface area contributed by atoms with E-state index in [1.54, 1.807) is 5.57 Å². The van der Waals surface area contributed by atoms with Crippen molar-refractivity contribution in [3.8, 4) is 0 Å². The Kier molecular flexibility index (Phi) is 5.95. The lowest BCUT2D eigenvalue weighted by molar-refractivity contribution is 0.545. The SMILES string of the molecule is CCCNC(Cc1cccs1)C1=CCCCCC1. The van der Waals surface area contributed by atoms with Crippen LogP contribution in [0.4, 0.5) is 0 Å². The van der Waals surface area contributed by atoms with Crippen LogP contribution >= 0.6 is 11.3 Å².